The molecule has 0 unspecified atom stereocenters. The molecule has 0 aromatic carbocycles. The quantitative estimate of drug-likeness (QED) is 0.899. The molecule has 1 atom stereocenters. The lowest BCUT2D eigenvalue weighted by Gasteiger charge is -2.26. The summed E-state index contributed by atoms with van der Waals surface area (Å²) in [6.45, 7) is 7.14. The average Bonchev–Trinajstić information content (AvgIpc) is 2.93. The van der Waals surface area contributed by atoms with Crippen molar-refractivity contribution < 1.29 is 13.2 Å². The molecule has 0 amide bonds. The van der Waals surface area contributed by atoms with Gasteiger partial charge in [0.2, 0.25) is 0 Å². The number of rotatable bonds is 5. The van der Waals surface area contributed by atoms with E-state index < -0.39 is 11.9 Å². The van der Waals surface area contributed by atoms with Gasteiger partial charge in [-0.2, -0.15) is 13.2 Å². The van der Waals surface area contributed by atoms with Gasteiger partial charge >= 0.3 is 6.18 Å². The van der Waals surface area contributed by atoms with E-state index in [1.165, 1.54) is 0 Å². The largest absolute Gasteiger partial charge is 0.434 e. The van der Waals surface area contributed by atoms with E-state index in [-0.39, 0.29) is 0 Å². The predicted molar refractivity (Wildman–Crippen MR) is 75.0 cm³/mol. The first-order valence-corrected chi connectivity index (χ1v) is 7.75. The van der Waals surface area contributed by atoms with E-state index in [9.17, 15) is 13.2 Å². The predicted octanol–water partition coefficient (Wildman–Crippen LogP) is 3.69. The van der Waals surface area contributed by atoms with Gasteiger partial charge in [0.05, 0.1) is 0 Å². The van der Waals surface area contributed by atoms with Crippen LogP contribution in [0.2, 0.25) is 0 Å². The molecule has 114 valence electrons. The van der Waals surface area contributed by atoms with E-state index in [2.05, 4.69) is 29.0 Å². The van der Waals surface area contributed by atoms with Gasteiger partial charge < -0.3 is 5.32 Å². The average molecular weight is 307 g/mol. The van der Waals surface area contributed by atoms with Gasteiger partial charge in [0, 0.05) is 24.5 Å². The Labute approximate surface area is 121 Å². The first-order valence-electron chi connectivity index (χ1n) is 6.87. The summed E-state index contributed by atoms with van der Waals surface area (Å²) >= 11 is 1.01. The highest BCUT2D eigenvalue weighted by Crippen LogP contribution is 2.31. The van der Waals surface area contributed by atoms with Gasteiger partial charge in [0.15, 0.2) is 10.8 Å². The van der Waals surface area contributed by atoms with Crippen LogP contribution < -0.4 is 5.32 Å². The van der Waals surface area contributed by atoms with Crippen LogP contribution in [-0.2, 0) is 6.18 Å². The lowest BCUT2D eigenvalue weighted by Crippen LogP contribution is -2.37. The van der Waals surface area contributed by atoms with Crippen molar-refractivity contribution in [2.24, 2.45) is 5.92 Å². The molecule has 1 fully saturated rings. The van der Waals surface area contributed by atoms with Crippen LogP contribution in [0, 0.1) is 5.92 Å². The molecule has 7 heteroatoms. The zero-order valence-corrected chi connectivity index (χ0v) is 12.5. The Bertz CT molecular complexity index is 431. The molecule has 1 N–H and O–H groups in total. The fraction of sp³-hybridized carbons (Fsp3) is 0.769. The Balaban J connectivity index is 1.87. The van der Waals surface area contributed by atoms with Crippen molar-refractivity contribution in [3.63, 3.8) is 0 Å². The van der Waals surface area contributed by atoms with Gasteiger partial charge in [-0.05, 0) is 25.3 Å². The van der Waals surface area contributed by atoms with Crippen molar-refractivity contribution in [2.75, 3.05) is 25.0 Å². The molecule has 0 saturated carbocycles. The number of alkyl halides is 3. The van der Waals surface area contributed by atoms with Crippen LogP contribution in [0.4, 0.5) is 18.3 Å². The standard InChI is InChI=1S/C13H20F3N3S/c1-9(2)7-19-5-3-4-10(19)6-17-12-18-11(8-20-12)13(14,15)16/h8-10H,3-7H2,1-2H3,(H,17,18)/t10-/m0/s1. The third-order valence-corrected chi connectivity index (χ3v) is 4.18. The number of hydrogen-bond acceptors (Lipinski definition) is 4. The van der Waals surface area contributed by atoms with Crippen molar-refractivity contribution in [2.45, 2.75) is 38.9 Å². The Kier molecular flexibility index (Phi) is 4.90. The number of halogens is 3. The summed E-state index contributed by atoms with van der Waals surface area (Å²) in [4.78, 5) is 6.00. The third kappa shape index (κ3) is 4.09. The number of aromatic nitrogens is 1. The molecule has 1 aliphatic heterocycles. The molecule has 2 rings (SSSR count). The molecular formula is C13H20F3N3S. The van der Waals surface area contributed by atoms with Gasteiger partial charge in [-0.1, -0.05) is 13.8 Å². The molecule has 1 saturated heterocycles. The van der Waals surface area contributed by atoms with Gasteiger partial charge in [-0.3, -0.25) is 4.90 Å². The molecule has 3 nitrogen and oxygen atoms in total. The fourth-order valence-corrected chi connectivity index (χ4v) is 3.25. The first kappa shape index (κ1) is 15.6. The van der Waals surface area contributed by atoms with Crippen LogP contribution in [-0.4, -0.2) is 35.6 Å². The van der Waals surface area contributed by atoms with Crippen LogP contribution in [0.25, 0.3) is 0 Å². The summed E-state index contributed by atoms with van der Waals surface area (Å²) in [6, 6.07) is 0.399. The number of likely N-dealkylation sites (tertiary alicyclic amines) is 1. The molecule has 1 aliphatic rings. The number of nitrogens with zero attached hydrogens (tertiary/aromatic N) is 2. The van der Waals surface area contributed by atoms with Crippen LogP contribution in [0.1, 0.15) is 32.4 Å². The van der Waals surface area contributed by atoms with E-state index in [1.807, 2.05) is 0 Å². The maximum absolute atomic E-state index is 12.5. The van der Waals surface area contributed by atoms with E-state index in [0.717, 1.165) is 42.6 Å². The maximum atomic E-state index is 12.5. The molecule has 2 heterocycles. The van der Waals surface area contributed by atoms with E-state index >= 15 is 0 Å². The summed E-state index contributed by atoms with van der Waals surface area (Å²) < 4.78 is 37.4. The van der Waals surface area contributed by atoms with Gasteiger partial charge in [-0.15, -0.1) is 11.3 Å². The lowest BCUT2D eigenvalue weighted by molar-refractivity contribution is -0.140. The van der Waals surface area contributed by atoms with E-state index in [0.29, 0.717) is 23.6 Å². The smallest absolute Gasteiger partial charge is 0.360 e. The highest BCUT2D eigenvalue weighted by Gasteiger charge is 2.34. The fourth-order valence-electron chi connectivity index (χ4n) is 2.53. The van der Waals surface area contributed by atoms with Crippen molar-refractivity contribution in [1.82, 2.24) is 9.88 Å². The Morgan fingerprint density at radius 2 is 2.25 bits per heavy atom. The molecule has 0 bridgehead atoms. The van der Waals surface area contributed by atoms with Crippen molar-refractivity contribution in [3.05, 3.63) is 11.1 Å². The summed E-state index contributed by atoms with van der Waals surface area (Å²) in [5, 5.41) is 4.46. The molecule has 0 spiro atoms. The van der Waals surface area contributed by atoms with Gasteiger partial charge in [0.1, 0.15) is 0 Å². The molecule has 0 aliphatic carbocycles. The highest BCUT2D eigenvalue weighted by molar-refractivity contribution is 7.13. The van der Waals surface area contributed by atoms with E-state index in [4.69, 9.17) is 0 Å². The van der Waals surface area contributed by atoms with Crippen molar-refractivity contribution >= 4 is 16.5 Å². The second-order valence-electron chi connectivity index (χ2n) is 5.60. The summed E-state index contributed by atoms with van der Waals surface area (Å²) in [5.74, 6) is 0.604. The number of hydrogen-bond donors (Lipinski definition) is 1. The molecule has 0 radical (unpaired) electrons. The molecule has 1 aromatic rings. The second kappa shape index (κ2) is 6.30. The monoisotopic (exact) mass is 307 g/mol. The van der Waals surface area contributed by atoms with Crippen LogP contribution in [0.5, 0.6) is 0 Å². The van der Waals surface area contributed by atoms with Gasteiger partial charge in [0.25, 0.3) is 0 Å². The zero-order chi connectivity index (χ0) is 14.8. The minimum atomic E-state index is -4.35. The molecular weight excluding hydrogens is 287 g/mol. The number of nitrogens with one attached hydrogen (secondary N) is 1. The maximum Gasteiger partial charge on any atom is 0.434 e. The SMILES string of the molecule is CC(C)CN1CCC[C@H]1CNc1nc(C(F)(F)F)cs1. The summed E-state index contributed by atoms with van der Waals surface area (Å²) in [6.07, 6.45) is -2.10. The first-order chi connectivity index (χ1) is 9.36. The Hall–Kier alpha value is -0.820. The Morgan fingerprint density at radius 1 is 1.50 bits per heavy atom. The molecule has 20 heavy (non-hydrogen) atoms. The number of anilines is 1. The summed E-state index contributed by atoms with van der Waals surface area (Å²) in [7, 11) is 0. The molecule has 1 aromatic heterocycles. The normalized spacial score (nSPS) is 20.8. The lowest BCUT2D eigenvalue weighted by atomic mass is 10.1. The van der Waals surface area contributed by atoms with Crippen LogP contribution in [0.15, 0.2) is 5.38 Å². The Morgan fingerprint density at radius 3 is 2.85 bits per heavy atom. The second-order valence-corrected chi connectivity index (χ2v) is 6.46. The van der Waals surface area contributed by atoms with E-state index in [1.54, 1.807) is 0 Å². The minimum Gasteiger partial charge on any atom is -0.360 e. The zero-order valence-electron chi connectivity index (χ0n) is 11.7. The van der Waals surface area contributed by atoms with Crippen LogP contribution >= 0.6 is 11.3 Å². The minimum absolute atomic E-state index is 0.355. The van der Waals surface area contributed by atoms with Crippen LogP contribution in [0.3, 0.4) is 0 Å². The van der Waals surface area contributed by atoms with Gasteiger partial charge in [-0.25, -0.2) is 4.98 Å². The summed E-state index contributed by atoms with van der Waals surface area (Å²) in [5.41, 5.74) is -0.810. The topological polar surface area (TPSA) is 28.2 Å². The third-order valence-electron chi connectivity index (χ3n) is 3.38. The van der Waals surface area contributed by atoms with Crippen molar-refractivity contribution in [3.8, 4) is 0 Å². The number of thiazole rings is 1. The van der Waals surface area contributed by atoms with Crippen molar-refractivity contribution in [1.29, 1.82) is 0 Å². The highest BCUT2D eigenvalue weighted by atomic mass is 32.1.